The number of ether oxygens (including phenoxy) is 2. The number of carbonyl (C=O) groups is 1. The van der Waals surface area contributed by atoms with E-state index in [2.05, 4.69) is 10.3 Å². The third kappa shape index (κ3) is 4.81. The molecule has 0 saturated heterocycles. The minimum Gasteiger partial charge on any atom is -0.493 e. The van der Waals surface area contributed by atoms with Crippen molar-refractivity contribution in [2.24, 2.45) is 0 Å². The lowest BCUT2D eigenvalue weighted by Crippen LogP contribution is -2.08. The predicted molar refractivity (Wildman–Crippen MR) is 113 cm³/mol. The fourth-order valence-electron chi connectivity index (χ4n) is 2.68. The van der Waals surface area contributed by atoms with E-state index in [1.165, 1.54) is 6.08 Å². The molecule has 0 atom stereocenters. The van der Waals surface area contributed by atoms with Crippen molar-refractivity contribution >= 4 is 40.2 Å². The highest BCUT2D eigenvalue weighted by atomic mass is 35.5. The monoisotopic (exact) mass is 396 g/mol. The van der Waals surface area contributed by atoms with Crippen LogP contribution in [0.1, 0.15) is 19.4 Å². The number of halogens is 1. The van der Waals surface area contributed by atoms with E-state index in [0.29, 0.717) is 22.2 Å². The largest absolute Gasteiger partial charge is 0.493 e. The predicted octanol–water partition coefficient (Wildman–Crippen LogP) is 5.34. The summed E-state index contributed by atoms with van der Waals surface area (Å²) in [6.07, 6.45) is 4.70. The Morgan fingerprint density at radius 3 is 2.75 bits per heavy atom. The molecule has 1 amide bonds. The van der Waals surface area contributed by atoms with Crippen LogP contribution in [0.3, 0.4) is 0 Å². The maximum absolute atomic E-state index is 12.3. The Kier molecular flexibility index (Phi) is 6.16. The third-order valence-electron chi connectivity index (χ3n) is 3.89. The molecule has 3 aromatic rings. The average Bonchev–Trinajstić information content (AvgIpc) is 2.67. The summed E-state index contributed by atoms with van der Waals surface area (Å²) < 4.78 is 11.1. The highest BCUT2D eigenvalue weighted by molar-refractivity contribution is 6.32. The first-order valence-corrected chi connectivity index (χ1v) is 9.22. The Hall–Kier alpha value is -3.05. The molecule has 0 bridgehead atoms. The summed E-state index contributed by atoms with van der Waals surface area (Å²) in [6, 6.07) is 13.1. The van der Waals surface area contributed by atoms with Gasteiger partial charge in [-0.15, -0.1) is 0 Å². The first-order chi connectivity index (χ1) is 13.5. The fourth-order valence-corrected chi connectivity index (χ4v) is 2.94. The van der Waals surface area contributed by atoms with Gasteiger partial charge in [0.1, 0.15) is 0 Å². The normalized spacial score (nSPS) is 11.2. The van der Waals surface area contributed by atoms with Crippen molar-refractivity contribution in [3.8, 4) is 11.5 Å². The van der Waals surface area contributed by atoms with Crippen molar-refractivity contribution in [2.45, 2.75) is 20.0 Å². The van der Waals surface area contributed by atoms with E-state index in [0.717, 1.165) is 16.5 Å². The van der Waals surface area contributed by atoms with Gasteiger partial charge >= 0.3 is 0 Å². The van der Waals surface area contributed by atoms with Crippen molar-refractivity contribution in [1.29, 1.82) is 0 Å². The molecule has 0 aliphatic carbocycles. The molecule has 0 aliphatic heterocycles. The van der Waals surface area contributed by atoms with Gasteiger partial charge in [-0.25, -0.2) is 0 Å². The number of methoxy groups -OCH3 is 1. The second-order valence-corrected chi connectivity index (χ2v) is 6.85. The van der Waals surface area contributed by atoms with Crippen molar-refractivity contribution in [3.05, 3.63) is 65.3 Å². The zero-order chi connectivity index (χ0) is 20.1. The topological polar surface area (TPSA) is 60.5 Å². The van der Waals surface area contributed by atoms with Crippen LogP contribution in [-0.4, -0.2) is 24.1 Å². The van der Waals surface area contributed by atoms with Gasteiger partial charge in [0.25, 0.3) is 0 Å². The SMILES string of the molecule is COc1cc(/C=C/C(=O)Nc2cnc3ccccc3c2)cc(Cl)c1OC(C)C. The molecule has 0 fully saturated rings. The Morgan fingerprint density at radius 1 is 1.21 bits per heavy atom. The van der Waals surface area contributed by atoms with E-state index in [1.54, 1.807) is 31.5 Å². The van der Waals surface area contributed by atoms with Crippen molar-refractivity contribution < 1.29 is 14.3 Å². The van der Waals surface area contributed by atoms with Crippen LogP contribution < -0.4 is 14.8 Å². The molecule has 5 nitrogen and oxygen atoms in total. The lowest BCUT2D eigenvalue weighted by molar-refractivity contribution is -0.111. The van der Waals surface area contributed by atoms with Crippen molar-refractivity contribution in [1.82, 2.24) is 4.98 Å². The molecule has 1 heterocycles. The maximum Gasteiger partial charge on any atom is 0.248 e. The summed E-state index contributed by atoms with van der Waals surface area (Å²) in [7, 11) is 1.55. The number of nitrogens with one attached hydrogen (secondary N) is 1. The number of pyridine rings is 1. The number of benzene rings is 2. The first-order valence-electron chi connectivity index (χ1n) is 8.84. The van der Waals surface area contributed by atoms with E-state index in [4.69, 9.17) is 21.1 Å². The Labute approximate surface area is 168 Å². The van der Waals surface area contributed by atoms with Crippen LogP contribution in [0.5, 0.6) is 11.5 Å². The van der Waals surface area contributed by atoms with E-state index < -0.39 is 0 Å². The van der Waals surface area contributed by atoms with Gasteiger partial charge in [0.2, 0.25) is 5.91 Å². The number of hydrogen-bond acceptors (Lipinski definition) is 4. The molecule has 144 valence electrons. The quantitative estimate of drug-likeness (QED) is 0.571. The molecule has 0 aliphatic rings. The minimum atomic E-state index is -0.269. The molecule has 2 aromatic carbocycles. The minimum absolute atomic E-state index is 0.0332. The number of para-hydroxylation sites is 1. The smallest absolute Gasteiger partial charge is 0.248 e. The number of amides is 1. The number of anilines is 1. The van der Waals surface area contributed by atoms with Gasteiger partial charge in [-0.05, 0) is 49.8 Å². The van der Waals surface area contributed by atoms with Crippen LogP contribution in [-0.2, 0) is 4.79 Å². The number of hydrogen-bond donors (Lipinski definition) is 1. The molecule has 3 rings (SSSR count). The molecule has 0 unspecified atom stereocenters. The third-order valence-corrected chi connectivity index (χ3v) is 4.17. The van der Waals surface area contributed by atoms with Crippen LogP contribution in [0, 0.1) is 0 Å². The van der Waals surface area contributed by atoms with E-state index >= 15 is 0 Å². The maximum atomic E-state index is 12.3. The zero-order valence-corrected chi connectivity index (χ0v) is 16.7. The first kappa shape index (κ1) is 19.7. The second-order valence-electron chi connectivity index (χ2n) is 6.44. The van der Waals surface area contributed by atoms with E-state index in [-0.39, 0.29) is 12.0 Å². The number of carbonyl (C=O) groups excluding carboxylic acids is 1. The average molecular weight is 397 g/mol. The van der Waals surface area contributed by atoms with Gasteiger partial charge in [0.05, 0.1) is 35.6 Å². The molecule has 1 aromatic heterocycles. The Bertz CT molecular complexity index is 1030. The van der Waals surface area contributed by atoms with Gasteiger partial charge in [-0.1, -0.05) is 29.8 Å². The van der Waals surface area contributed by atoms with Gasteiger partial charge < -0.3 is 14.8 Å². The summed E-state index contributed by atoms with van der Waals surface area (Å²) in [5.41, 5.74) is 2.23. The van der Waals surface area contributed by atoms with Crippen LogP contribution in [0.15, 0.2) is 54.7 Å². The van der Waals surface area contributed by atoms with Gasteiger partial charge in [-0.3, -0.25) is 9.78 Å². The lowest BCUT2D eigenvalue weighted by atomic mass is 10.1. The summed E-state index contributed by atoms with van der Waals surface area (Å²) in [5, 5.41) is 4.19. The molecule has 28 heavy (non-hydrogen) atoms. The summed E-state index contributed by atoms with van der Waals surface area (Å²) in [5.74, 6) is 0.734. The number of nitrogens with zero attached hydrogens (tertiary/aromatic N) is 1. The fraction of sp³-hybridized carbons (Fsp3) is 0.182. The van der Waals surface area contributed by atoms with Gasteiger partial charge in [0.15, 0.2) is 11.5 Å². The standard InChI is InChI=1S/C22H21ClN2O3/c1-14(2)28-22-18(23)10-15(11-20(22)27-3)8-9-21(26)25-17-12-16-6-4-5-7-19(16)24-13-17/h4-14H,1-3H3,(H,25,26)/b9-8+. The summed E-state index contributed by atoms with van der Waals surface area (Å²) >= 11 is 6.31. The van der Waals surface area contributed by atoms with Gasteiger partial charge in [-0.2, -0.15) is 0 Å². The molecular weight excluding hydrogens is 376 g/mol. The van der Waals surface area contributed by atoms with Crippen LogP contribution in [0.25, 0.3) is 17.0 Å². The van der Waals surface area contributed by atoms with E-state index in [9.17, 15) is 4.79 Å². The highest BCUT2D eigenvalue weighted by Gasteiger charge is 2.12. The summed E-state index contributed by atoms with van der Waals surface area (Å²) in [6.45, 7) is 3.82. The van der Waals surface area contributed by atoms with Crippen LogP contribution in [0.2, 0.25) is 5.02 Å². The van der Waals surface area contributed by atoms with Crippen molar-refractivity contribution in [2.75, 3.05) is 12.4 Å². The van der Waals surface area contributed by atoms with Crippen LogP contribution >= 0.6 is 11.6 Å². The molecule has 0 saturated carbocycles. The van der Waals surface area contributed by atoms with Crippen LogP contribution in [0.4, 0.5) is 5.69 Å². The number of fused-ring (bicyclic) bond motifs is 1. The van der Waals surface area contributed by atoms with E-state index in [1.807, 2.05) is 44.2 Å². The highest BCUT2D eigenvalue weighted by Crippen LogP contribution is 2.37. The molecule has 0 spiro atoms. The number of rotatable bonds is 6. The van der Waals surface area contributed by atoms with Gasteiger partial charge in [0, 0.05) is 11.5 Å². The Balaban J connectivity index is 1.75. The van der Waals surface area contributed by atoms with Crippen molar-refractivity contribution in [3.63, 3.8) is 0 Å². The second kappa shape index (κ2) is 8.76. The summed E-state index contributed by atoms with van der Waals surface area (Å²) in [4.78, 5) is 16.6. The molecule has 1 N–H and O–H groups in total. The Morgan fingerprint density at radius 2 is 2.00 bits per heavy atom. The molecule has 0 radical (unpaired) electrons. The zero-order valence-electron chi connectivity index (χ0n) is 15.9. The number of aromatic nitrogens is 1. The molecular formula is C22H21ClN2O3. The lowest BCUT2D eigenvalue weighted by Gasteiger charge is -2.15. The molecule has 6 heteroatoms.